The minimum absolute atomic E-state index is 0.0172. The van der Waals surface area contributed by atoms with Crippen LogP contribution in [0.5, 0.6) is 17.2 Å². The number of benzene rings is 3. The fourth-order valence-corrected chi connectivity index (χ4v) is 5.00. The monoisotopic (exact) mass is 564 g/mol. The molecule has 1 fully saturated rings. The minimum Gasteiger partial charge on any atom is -0.497 e. The second-order valence-electron chi connectivity index (χ2n) is 10.4. The smallest absolute Gasteiger partial charge is 0.350 e. The van der Waals surface area contributed by atoms with Crippen LogP contribution in [0.2, 0.25) is 0 Å². The van der Waals surface area contributed by atoms with Crippen LogP contribution in [0.15, 0.2) is 72.8 Å². The van der Waals surface area contributed by atoms with Crippen LogP contribution in [0.3, 0.4) is 0 Å². The lowest BCUT2D eigenvalue weighted by molar-refractivity contribution is -0.160. The lowest BCUT2D eigenvalue weighted by Crippen LogP contribution is -2.47. The van der Waals surface area contributed by atoms with E-state index in [0.717, 1.165) is 16.9 Å². The highest BCUT2D eigenvalue weighted by Gasteiger charge is 2.43. The van der Waals surface area contributed by atoms with Crippen molar-refractivity contribution in [3.05, 3.63) is 89.7 Å². The fourth-order valence-electron chi connectivity index (χ4n) is 5.00. The molecule has 1 heterocycles. The third-order valence-electron chi connectivity index (χ3n) is 7.46. The number of likely N-dealkylation sites (N-methyl/N-ethyl adjacent to an activating group) is 1. The van der Waals surface area contributed by atoms with Crippen molar-refractivity contribution in [2.75, 3.05) is 33.9 Å². The van der Waals surface area contributed by atoms with Gasteiger partial charge in [0.15, 0.2) is 11.6 Å². The Balaban J connectivity index is 1.41. The van der Waals surface area contributed by atoms with Gasteiger partial charge in [0.2, 0.25) is 5.60 Å². The number of esters is 1. The summed E-state index contributed by atoms with van der Waals surface area (Å²) in [6.07, 6.45) is 1.46. The number of hydrogen-bond acceptors (Lipinski definition) is 6. The maximum Gasteiger partial charge on any atom is 0.350 e. The Morgan fingerprint density at radius 1 is 1.02 bits per heavy atom. The summed E-state index contributed by atoms with van der Waals surface area (Å²) in [5.41, 5.74) is 0.0317. The van der Waals surface area contributed by atoms with Gasteiger partial charge in [-0.05, 0) is 67.8 Å². The predicted molar refractivity (Wildman–Crippen MR) is 153 cm³/mol. The van der Waals surface area contributed by atoms with Crippen LogP contribution in [0, 0.1) is 5.82 Å². The van der Waals surface area contributed by atoms with Crippen LogP contribution < -0.4 is 19.5 Å². The first kappa shape index (κ1) is 29.7. The number of amides is 2. The van der Waals surface area contributed by atoms with Gasteiger partial charge in [0.1, 0.15) is 11.5 Å². The molecule has 1 aliphatic heterocycles. The van der Waals surface area contributed by atoms with Crippen molar-refractivity contribution in [2.24, 2.45) is 0 Å². The van der Waals surface area contributed by atoms with Gasteiger partial charge in [-0.1, -0.05) is 36.4 Å². The maximum atomic E-state index is 14.3. The van der Waals surface area contributed by atoms with Gasteiger partial charge in [0, 0.05) is 26.4 Å². The first-order valence-electron chi connectivity index (χ1n) is 13.6. The average Bonchev–Trinajstić information content (AvgIpc) is 3.24. The lowest BCUT2D eigenvalue weighted by Gasteiger charge is -2.35. The first-order chi connectivity index (χ1) is 19.7. The Bertz CT molecular complexity index is 1330. The molecular formula is C32H37FN2O6. The number of ether oxygens (including phenoxy) is 4. The molecule has 41 heavy (non-hydrogen) atoms. The fraction of sp³-hybridized carbons (Fsp3) is 0.375. The van der Waals surface area contributed by atoms with Crippen molar-refractivity contribution < 1.29 is 32.9 Å². The molecule has 3 aromatic carbocycles. The molecule has 0 radical (unpaired) electrons. The third-order valence-corrected chi connectivity index (χ3v) is 7.46. The Hall–Kier alpha value is -4.27. The molecular weight excluding hydrogens is 527 g/mol. The summed E-state index contributed by atoms with van der Waals surface area (Å²) in [6.45, 7) is 4.40. The van der Waals surface area contributed by atoms with E-state index in [-0.39, 0.29) is 24.8 Å². The van der Waals surface area contributed by atoms with E-state index in [0.29, 0.717) is 31.7 Å². The van der Waals surface area contributed by atoms with Crippen molar-refractivity contribution in [3.8, 4) is 17.2 Å². The van der Waals surface area contributed by atoms with E-state index < -0.39 is 22.9 Å². The second-order valence-corrected chi connectivity index (χ2v) is 10.4. The largest absolute Gasteiger partial charge is 0.497 e. The molecule has 3 aromatic rings. The number of para-hydroxylation sites is 1. The van der Waals surface area contributed by atoms with Crippen LogP contribution in [-0.4, -0.2) is 62.0 Å². The second kappa shape index (κ2) is 12.9. The van der Waals surface area contributed by atoms with Crippen molar-refractivity contribution in [1.29, 1.82) is 0 Å². The zero-order valence-electron chi connectivity index (χ0n) is 23.9. The van der Waals surface area contributed by atoms with Crippen LogP contribution in [0.25, 0.3) is 0 Å². The molecule has 9 heteroatoms. The first-order valence-corrected chi connectivity index (χ1v) is 13.6. The predicted octanol–water partition coefficient (Wildman–Crippen LogP) is 5.18. The molecule has 2 atom stereocenters. The van der Waals surface area contributed by atoms with Crippen molar-refractivity contribution in [3.63, 3.8) is 0 Å². The molecule has 2 unspecified atom stereocenters. The van der Waals surface area contributed by atoms with Crippen LogP contribution in [0.4, 0.5) is 9.18 Å². The Labute approximate surface area is 240 Å². The number of rotatable bonds is 13. The van der Waals surface area contributed by atoms with Gasteiger partial charge < -0.3 is 29.2 Å². The van der Waals surface area contributed by atoms with E-state index in [2.05, 4.69) is 5.32 Å². The van der Waals surface area contributed by atoms with E-state index in [4.69, 9.17) is 18.9 Å². The summed E-state index contributed by atoms with van der Waals surface area (Å²) >= 11 is 0. The lowest BCUT2D eigenvalue weighted by atomic mass is 9.87. The van der Waals surface area contributed by atoms with Gasteiger partial charge in [-0.3, -0.25) is 0 Å². The van der Waals surface area contributed by atoms with Gasteiger partial charge in [0.05, 0.1) is 25.9 Å². The van der Waals surface area contributed by atoms with Crippen LogP contribution in [0.1, 0.15) is 31.4 Å². The van der Waals surface area contributed by atoms with E-state index >= 15 is 0 Å². The zero-order valence-corrected chi connectivity index (χ0v) is 23.9. The van der Waals surface area contributed by atoms with Gasteiger partial charge in [-0.25, -0.2) is 14.0 Å². The summed E-state index contributed by atoms with van der Waals surface area (Å²) in [6, 6.07) is 21.0. The quantitative estimate of drug-likeness (QED) is 0.288. The molecule has 4 rings (SSSR count). The van der Waals surface area contributed by atoms with E-state index in [9.17, 15) is 14.0 Å². The van der Waals surface area contributed by atoms with Crippen LogP contribution in [-0.2, 0) is 22.4 Å². The molecule has 0 aromatic heterocycles. The average molecular weight is 565 g/mol. The molecule has 1 N–H and O–H groups in total. The molecule has 1 aliphatic rings. The third kappa shape index (κ3) is 7.09. The minimum atomic E-state index is -1.43. The summed E-state index contributed by atoms with van der Waals surface area (Å²) in [5.74, 6) is 0.290. The SMILES string of the molecule is CCOC(=O)C(C)(Cc1ccc(OCCC2(Cc3ccc(OC)cc3)CNC(=O)N2C)cc1)Oc1ccccc1F. The molecule has 2 amide bonds. The zero-order chi connectivity index (χ0) is 29.5. The highest BCUT2D eigenvalue weighted by Crippen LogP contribution is 2.30. The van der Waals surface area contributed by atoms with Crippen LogP contribution >= 0.6 is 0 Å². The Morgan fingerprint density at radius 3 is 2.29 bits per heavy atom. The van der Waals surface area contributed by atoms with E-state index in [1.54, 1.807) is 38.0 Å². The Kier molecular flexibility index (Phi) is 9.37. The van der Waals surface area contributed by atoms with Crippen molar-refractivity contribution in [2.45, 2.75) is 44.2 Å². The van der Waals surface area contributed by atoms with Gasteiger partial charge in [-0.2, -0.15) is 0 Å². The molecule has 0 saturated carbocycles. The van der Waals surface area contributed by atoms with Crippen molar-refractivity contribution >= 4 is 12.0 Å². The molecule has 1 saturated heterocycles. The number of carbonyl (C=O) groups excluding carboxylic acids is 2. The topological polar surface area (TPSA) is 86.3 Å². The molecule has 0 aliphatic carbocycles. The number of urea groups is 1. The summed E-state index contributed by atoms with van der Waals surface area (Å²) in [7, 11) is 3.44. The summed E-state index contributed by atoms with van der Waals surface area (Å²) in [4.78, 5) is 27.0. The summed E-state index contributed by atoms with van der Waals surface area (Å²) < 4.78 is 36.7. The van der Waals surface area contributed by atoms with Gasteiger partial charge in [-0.15, -0.1) is 0 Å². The molecule has 0 bridgehead atoms. The normalized spacial score (nSPS) is 17.9. The number of halogens is 1. The molecule has 8 nitrogen and oxygen atoms in total. The highest BCUT2D eigenvalue weighted by atomic mass is 19.1. The van der Waals surface area contributed by atoms with Gasteiger partial charge in [0.25, 0.3) is 0 Å². The number of carbonyl (C=O) groups is 2. The Morgan fingerprint density at radius 2 is 1.68 bits per heavy atom. The van der Waals surface area contributed by atoms with Crippen molar-refractivity contribution in [1.82, 2.24) is 10.2 Å². The number of hydrogen-bond donors (Lipinski definition) is 1. The maximum absolute atomic E-state index is 14.3. The molecule has 0 spiro atoms. The standard InChI is InChI=1S/C32H37FN2O6/c1-5-39-29(36)31(2,41-28-9-7-6-8-27(28)33)20-23-12-16-26(17-13-23)40-19-18-32(22-34-30(37)35(32)3)21-24-10-14-25(38-4)15-11-24/h6-17H,5,18-22H2,1-4H3,(H,34,37). The summed E-state index contributed by atoms with van der Waals surface area (Å²) in [5, 5.41) is 2.95. The van der Waals surface area contributed by atoms with E-state index in [1.165, 1.54) is 12.1 Å². The highest BCUT2D eigenvalue weighted by molar-refractivity contribution is 5.80. The number of nitrogens with one attached hydrogen (secondary N) is 1. The number of nitrogens with zero attached hydrogens (tertiary/aromatic N) is 1. The number of methoxy groups -OCH3 is 1. The molecule has 218 valence electrons. The van der Waals surface area contributed by atoms with E-state index in [1.807, 2.05) is 55.6 Å². The van der Waals surface area contributed by atoms with Gasteiger partial charge >= 0.3 is 12.0 Å².